The minimum absolute atomic E-state index is 0.0770. The van der Waals surface area contributed by atoms with Crippen LogP contribution >= 0.6 is 0 Å². The lowest BCUT2D eigenvalue weighted by atomic mass is 10.0. The SMILES string of the molecule is Cc1ccc(Nc2nc(NC3CCOCC3N)cnc2C#N)cc1. The fourth-order valence-electron chi connectivity index (χ4n) is 2.53. The molecule has 2 heterocycles. The number of nitrogens with two attached hydrogens (primary N) is 1. The van der Waals surface area contributed by atoms with E-state index in [0.717, 1.165) is 17.7 Å². The molecular weight excluding hydrogens is 304 g/mol. The summed E-state index contributed by atoms with van der Waals surface area (Å²) >= 11 is 0. The third-order valence-corrected chi connectivity index (χ3v) is 3.93. The second kappa shape index (κ2) is 7.25. The Morgan fingerprint density at radius 2 is 2.12 bits per heavy atom. The number of aromatic nitrogens is 2. The van der Waals surface area contributed by atoms with E-state index in [0.29, 0.717) is 24.8 Å². The zero-order valence-electron chi connectivity index (χ0n) is 13.5. The summed E-state index contributed by atoms with van der Waals surface area (Å²) in [6.07, 6.45) is 2.37. The molecule has 0 spiro atoms. The molecule has 24 heavy (non-hydrogen) atoms. The van der Waals surface area contributed by atoms with Gasteiger partial charge in [-0.15, -0.1) is 0 Å². The third kappa shape index (κ3) is 3.79. The topological polar surface area (TPSA) is 109 Å². The fraction of sp³-hybridized carbons (Fsp3) is 0.353. The number of hydrogen-bond donors (Lipinski definition) is 3. The Morgan fingerprint density at radius 3 is 2.83 bits per heavy atom. The number of nitriles is 1. The van der Waals surface area contributed by atoms with Crippen LogP contribution < -0.4 is 16.4 Å². The summed E-state index contributed by atoms with van der Waals surface area (Å²) < 4.78 is 5.34. The van der Waals surface area contributed by atoms with E-state index in [9.17, 15) is 5.26 Å². The molecule has 0 saturated carbocycles. The molecular formula is C17H20N6O. The molecule has 0 bridgehead atoms. The van der Waals surface area contributed by atoms with E-state index in [-0.39, 0.29) is 17.8 Å². The van der Waals surface area contributed by atoms with Crippen molar-refractivity contribution in [2.45, 2.75) is 25.4 Å². The molecule has 0 amide bonds. The van der Waals surface area contributed by atoms with Gasteiger partial charge in [0, 0.05) is 24.4 Å². The number of nitrogens with zero attached hydrogens (tertiary/aromatic N) is 3. The number of anilines is 3. The van der Waals surface area contributed by atoms with Crippen LogP contribution in [-0.4, -0.2) is 35.3 Å². The highest BCUT2D eigenvalue weighted by atomic mass is 16.5. The van der Waals surface area contributed by atoms with Crippen LogP contribution in [-0.2, 0) is 4.74 Å². The molecule has 124 valence electrons. The first-order valence-corrected chi connectivity index (χ1v) is 7.86. The van der Waals surface area contributed by atoms with E-state index in [2.05, 4.69) is 26.7 Å². The summed E-state index contributed by atoms with van der Waals surface area (Å²) in [7, 11) is 0. The first kappa shape index (κ1) is 16.2. The number of nitrogens with one attached hydrogen (secondary N) is 2. The van der Waals surface area contributed by atoms with Gasteiger partial charge in [-0.2, -0.15) is 5.26 Å². The minimum Gasteiger partial charge on any atom is -0.380 e. The molecule has 1 aliphatic rings. The van der Waals surface area contributed by atoms with Gasteiger partial charge in [-0.25, -0.2) is 9.97 Å². The van der Waals surface area contributed by atoms with Gasteiger partial charge in [0.15, 0.2) is 11.5 Å². The maximum absolute atomic E-state index is 9.25. The van der Waals surface area contributed by atoms with Crippen LogP contribution in [0.3, 0.4) is 0 Å². The van der Waals surface area contributed by atoms with Crippen LogP contribution in [0.15, 0.2) is 30.5 Å². The van der Waals surface area contributed by atoms with Gasteiger partial charge in [0.2, 0.25) is 0 Å². The van der Waals surface area contributed by atoms with Crippen molar-refractivity contribution in [2.24, 2.45) is 5.73 Å². The highest BCUT2D eigenvalue weighted by molar-refractivity contribution is 5.62. The molecule has 7 nitrogen and oxygen atoms in total. The molecule has 2 atom stereocenters. The van der Waals surface area contributed by atoms with Crippen molar-refractivity contribution < 1.29 is 4.74 Å². The zero-order valence-corrected chi connectivity index (χ0v) is 13.5. The molecule has 0 radical (unpaired) electrons. The number of ether oxygens (including phenoxy) is 1. The van der Waals surface area contributed by atoms with E-state index in [1.165, 1.54) is 0 Å². The maximum Gasteiger partial charge on any atom is 0.183 e. The van der Waals surface area contributed by atoms with Crippen molar-refractivity contribution >= 4 is 17.3 Å². The summed E-state index contributed by atoms with van der Waals surface area (Å²) in [5, 5.41) is 15.7. The predicted octanol–water partition coefficient (Wildman–Crippen LogP) is 1.93. The second-order valence-electron chi connectivity index (χ2n) is 5.83. The molecule has 2 unspecified atom stereocenters. The summed E-state index contributed by atoms with van der Waals surface area (Å²) in [4.78, 5) is 8.67. The standard InChI is InChI=1S/C17H20N6O/c1-11-2-4-12(5-3-11)21-17-15(8-18)20-9-16(23-17)22-14-6-7-24-10-13(14)19/h2-5,9,13-14H,6-7,10,19H2,1H3,(H2,21,22,23). The van der Waals surface area contributed by atoms with Crippen molar-refractivity contribution in [3.63, 3.8) is 0 Å². The van der Waals surface area contributed by atoms with Crippen molar-refractivity contribution in [2.75, 3.05) is 23.8 Å². The normalized spacial score (nSPS) is 20.2. The lowest BCUT2D eigenvalue weighted by Gasteiger charge is -2.29. The van der Waals surface area contributed by atoms with Gasteiger partial charge in [-0.3, -0.25) is 0 Å². The smallest absolute Gasteiger partial charge is 0.183 e. The van der Waals surface area contributed by atoms with E-state index < -0.39 is 0 Å². The Labute approximate surface area is 140 Å². The van der Waals surface area contributed by atoms with Gasteiger partial charge >= 0.3 is 0 Å². The average molecular weight is 324 g/mol. The fourth-order valence-corrected chi connectivity index (χ4v) is 2.53. The monoisotopic (exact) mass is 324 g/mol. The van der Waals surface area contributed by atoms with Gasteiger partial charge < -0.3 is 21.1 Å². The Bertz CT molecular complexity index is 740. The zero-order chi connectivity index (χ0) is 16.9. The average Bonchev–Trinajstić information content (AvgIpc) is 2.59. The van der Waals surface area contributed by atoms with Crippen molar-refractivity contribution in [3.05, 3.63) is 41.7 Å². The van der Waals surface area contributed by atoms with Crippen molar-refractivity contribution in [1.29, 1.82) is 5.26 Å². The van der Waals surface area contributed by atoms with Crippen LogP contribution in [0.2, 0.25) is 0 Å². The Kier molecular flexibility index (Phi) is 4.89. The lowest BCUT2D eigenvalue weighted by Crippen LogP contribution is -2.47. The second-order valence-corrected chi connectivity index (χ2v) is 5.83. The molecule has 1 aliphatic heterocycles. The third-order valence-electron chi connectivity index (χ3n) is 3.93. The van der Waals surface area contributed by atoms with Gasteiger partial charge in [-0.05, 0) is 25.5 Å². The van der Waals surface area contributed by atoms with E-state index in [1.54, 1.807) is 6.20 Å². The van der Waals surface area contributed by atoms with Crippen LogP contribution in [0.4, 0.5) is 17.3 Å². The molecule has 0 aliphatic carbocycles. The van der Waals surface area contributed by atoms with E-state index in [4.69, 9.17) is 10.5 Å². The molecule has 3 rings (SSSR count). The van der Waals surface area contributed by atoms with Crippen molar-refractivity contribution in [1.82, 2.24) is 9.97 Å². The summed E-state index contributed by atoms with van der Waals surface area (Å²) in [5.74, 6) is 1.01. The van der Waals surface area contributed by atoms with Crippen molar-refractivity contribution in [3.8, 4) is 6.07 Å². The van der Waals surface area contributed by atoms with Crippen LogP contribution in [0.25, 0.3) is 0 Å². The van der Waals surface area contributed by atoms with E-state index >= 15 is 0 Å². The summed E-state index contributed by atoms with van der Waals surface area (Å²) in [5.41, 5.74) is 8.32. The Hall–Kier alpha value is -2.69. The summed E-state index contributed by atoms with van der Waals surface area (Å²) in [6.45, 7) is 3.21. The Balaban J connectivity index is 1.80. The molecule has 2 aromatic rings. The quantitative estimate of drug-likeness (QED) is 0.788. The molecule has 1 saturated heterocycles. The minimum atomic E-state index is -0.0929. The molecule has 1 aromatic heterocycles. The molecule has 1 aromatic carbocycles. The van der Waals surface area contributed by atoms with Gasteiger partial charge in [-0.1, -0.05) is 17.7 Å². The van der Waals surface area contributed by atoms with Crippen LogP contribution in [0.5, 0.6) is 0 Å². The molecule has 1 fully saturated rings. The van der Waals surface area contributed by atoms with Crippen LogP contribution in [0.1, 0.15) is 17.7 Å². The number of benzene rings is 1. The van der Waals surface area contributed by atoms with Gasteiger partial charge in [0.1, 0.15) is 11.9 Å². The van der Waals surface area contributed by atoms with Gasteiger partial charge in [0.25, 0.3) is 0 Å². The first-order chi connectivity index (χ1) is 11.7. The highest BCUT2D eigenvalue weighted by Crippen LogP contribution is 2.20. The number of rotatable bonds is 4. The summed E-state index contributed by atoms with van der Waals surface area (Å²) in [6, 6.07) is 9.90. The highest BCUT2D eigenvalue weighted by Gasteiger charge is 2.23. The van der Waals surface area contributed by atoms with E-state index in [1.807, 2.05) is 31.2 Å². The number of aryl methyl sites for hydroxylation is 1. The molecule has 4 N–H and O–H groups in total. The molecule has 7 heteroatoms. The maximum atomic E-state index is 9.25. The van der Waals surface area contributed by atoms with Gasteiger partial charge in [0.05, 0.1) is 12.8 Å². The largest absolute Gasteiger partial charge is 0.380 e. The predicted molar refractivity (Wildman–Crippen MR) is 92.0 cm³/mol. The lowest BCUT2D eigenvalue weighted by molar-refractivity contribution is 0.0752. The number of hydrogen-bond acceptors (Lipinski definition) is 7. The Morgan fingerprint density at radius 1 is 1.33 bits per heavy atom. The first-order valence-electron chi connectivity index (χ1n) is 7.86. The van der Waals surface area contributed by atoms with Crippen LogP contribution in [0, 0.1) is 18.3 Å².